The second kappa shape index (κ2) is 7.79. The smallest absolute Gasteiger partial charge is 0.276 e. The molecule has 0 aliphatic carbocycles. The molecule has 0 atom stereocenters. The van der Waals surface area contributed by atoms with Gasteiger partial charge in [0.2, 0.25) is 0 Å². The Bertz CT molecular complexity index is 1370. The van der Waals surface area contributed by atoms with Crippen molar-refractivity contribution in [1.29, 1.82) is 0 Å². The molecule has 0 aliphatic heterocycles. The number of benzene rings is 1. The summed E-state index contributed by atoms with van der Waals surface area (Å²) in [5.74, 6) is 1.35. The molecule has 1 amide bonds. The maximum Gasteiger partial charge on any atom is 0.276 e. The number of ether oxygens (including phenoxy) is 1. The highest BCUT2D eigenvalue weighted by Gasteiger charge is 2.13. The van der Waals surface area contributed by atoms with E-state index in [1.807, 2.05) is 40.8 Å². The van der Waals surface area contributed by atoms with Crippen molar-refractivity contribution in [3.8, 4) is 22.7 Å². The molecule has 31 heavy (non-hydrogen) atoms. The number of hydrogen-bond acceptors (Lipinski definition) is 4. The number of rotatable bonds is 5. The van der Waals surface area contributed by atoms with Crippen LogP contribution in [0.15, 0.2) is 91.5 Å². The maximum absolute atomic E-state index is 12.5. The summed E-state index contributed by atoms with van der Waals surface area (Å²) in [4.78, 5) is 16.5. The summed E-state index contributed by atoms with van der Waals surface area (Å²) in [6.45, 7) is 0. The van der Waals surface area contributed by atoms with E-state index in [1.165, 1.54) is 0 Å². The van der Waals surface area contributed by atoms with Crippen LogP contribution in [0.4, 0.5) is 5.69 Å². The zero-order valence-electron chi connectivity index (χ0n) is 16.8. The molecule has 0 saturated carbocycles. The summed E-state index contributed by atoms with van der Waals surface area (Å²) >= 11 is 0. The Morgan fingerprint density at radius 2 is 1.90 bits per heavy atom. The van der Waals surface area contributed by atoms with Crippen LogP contribution in [0, 0.1) is 0 Å². The highest BCUT2D eigenvalue weighted by atomic mass is 16.5. The van der Waals surface area contributed by atoms with Crippen molar-refractivity contribution >= 4 is 17.1 Å². The van der Waals surface area contributed by atoms with Gasteiger partial charge in [-0.3, -0.25) is 9.78 Å². The zero-order chi connectivity index (χ0) is 21.2. The lowest BCUT2D eigenvalue weighted by Gasteiger charge is -2.08. The number of aromatic nitrogens is 4. The van der Waals surface area contributed by atoms with Crippen LogP contribution >= 0.6 is 0 Å². The molecule has 4 heterocycles. The molecule has 5 aromatic rings. The Kier molecular flexibility index (Phi) is 4.68. The minimum absolute atomic E-state index is 0.287. The van der Waals surface area contributed by atoms with Gasteiger partial charge in [0.15, 0.2) is 5.69 Å². The van der Waals surface area contributed by atoms with Gasteiger partial charge in [0.1, 0.15) is 11.6 Å². The molecule has 0 saturated heterocycles. The molecule has 0 fully saturated rings. The molecule has 1 N–H and O–H groups in total. The predicted molar refractivity (Wildman–Crippen MR) is 119 cm³/mol. The first-order valence-corrected chi connectivity index (χ1v) is 9.74. The highest BCUT2D eigenvalue weighted by Crippen LogP contribution is 2.26. The molecule has 0 bridgehead atoms. The third kappa shape index (κ3) is 3.64. The SMILES string of the molecule is COc1cccc(-c2ccc3ccc(-n4ccc(C(=O)Nc5cccnc5)n4)n3c2)c1. The normalized spacial score (nSPS) is 10.9. The first-order valence-electron chi connectivity index (χ1n) is 9.74. The minimum atomic E-state index is -0.287. The lowest BCUT2D eigenvalue weighted by molar-refractivity contribution is 0.102. The molecule has 0 radical (unpaired) electrons. The molecular formula is C24H19N5O2. The number of pyridine rings is 2. The van der Waals surface area contributed by atoms with E-state index in [2.05, 4.69) is 33.7 Å². The van der Waals surface area contributed by atoms with Crippen LogP contribution in [0.5, 0.6) is 5.75 Å². The van der Waals surface area contributed by atoms with Gasteiger partial charge in [-0.1, -0.05) is 18.2 Å². The van der Waals surface area contributed by atoms with Crippen LogP contribution in [-0.2, 0) is 0 Å². The first kappa shape index (κ1) is 18.6. The fourth-order valence-electron chi connectivity index (χ4n) is 3.45. The van der Waals surface area contributed by atoms with Crippen molar-refractivity contribution in [2.75, 3.05) is 12.4 Å². The monoisotopic (exact) mass is 409 g/mol. The molecule has 5 rings (SSSR count). The molecule has 7 nitrogen and oxygen atoms in total. The second-order valence-corrected chi connectivity index (χ2v) is 6.98. The van der Waals surface area contributed by atoms with Crippen molar-refractivity contribution in [2.24, 2.45) is 0 Å². The number of amides is 1. The van der Waals surface area contributed by atoms with Crippen molar-refractivity contribution in [3.63, 3.8) is 0 Å². The van der Waals surface area contributed by atoms with Crippen LogP contribution in [0.25, 0.3) is 22.5 Å². The van der Waals surface area contributed by atoms with Crippen LogP contribution in [0.3, 0.4) is 0 Å². The maximum atomic E-state index is 12.5. The summed E-state index contributed by atoms with van der Waals surface area (Å²) in [7, 11) is 1.66. The van der Waals surface area contributed by atoms with E-state index in [9.17, 15) is 4.79 Å². The summed E-state index contributed by atoms with van der Waals surface area (Å²) < 4.78 is 9.09. The number of nitrogens with zero attached hydrogens (tertiary/aromatic N) is 4. The van der Waals surface area contributed by atoms with Gasteiger partial charge in [-0.15, -0.1) is 0 Å². The number of carbonyl (C=O) groups is 1. The van der Waals surface area contributed by atoms with E-state index >= 15 is 0 Å². The summed E-state index contributed by atoms with van der Waals surface area (Å²) in [5.41, 5.74) is 4.07. The van der Waals surface area contributed by atoms with Gasteiger partial charge < -0.3 is 14.5 Å². The Morgan fingerprint density at radius 3 is 2.74 bits per heavy atom. The fourth-order valence-corrected chi connectivity index (χ4v) is 3.45. The molecule has 0 unspecified atom stereocenters. The van der Waals surface area contributed by atoms with Gasteiger partial charge in [-0.25, -0.2) is 4.68 Å². The van der Waals surface area contributed by atoms with E-state index in [-0.39, 0.29) is 5.91 Å². The topological polar surface area (TPSA) is 73.4 Å². The number of methoxy groups -OCH3 is 1. The number of anilines is 1. The number of hydrogen-bond donors (Lipinski definition) is 1. The molecular weight excluding hydrogens is 390 g/mol. The van der Waals surface area contributed by atoms with E-state index in [0.717, 1.165) is 28.2 Å². The van der Waals surface area contributed by atoms with Gasteiger partial charge in [0, 0.05) is 24.1 Å². The van der Waals surface area contributed by atoms with Crippen molar-refractivity contribution in [1.82, 2.24) is 19.2 Å². The summed E-state index contributed by atoms with van der Waals surface area (Å²) in [5, 5.41) is 7.27. The third-order valence-electron chi connectivity index (χ3n) is 5.01. The minimum Gasteiger partial charge on any atom is -0.497 e. The van der Waals surface area contributed by atoms with Crippen molar-refractivity contribution in [2.45, 2.75) is 0 Å². The summed E-state index contributed by atoms with van der Waals surface area (Å²) in [6, 6.07) is 21.3. The molecule has 152 valence electrons. The van der Waals surface area contributed by atoms with Crippen LogP contribution in [0.2, 0.25) is 0 Å². The Labute approximate surface area is 178 Å². The Morgan fingerprint density at radius 1 is 1.00 bits per heavy atom. The van der Waals surface area contributed by atoms with Crippen molar-refractivity contribution < 1.29 is 9.53 Å². The second-order valence-electron chi connectivity index (χ2n) is 6.98. The third-order valence-corrected chi connectivity index (χ3v) is 5.01. The molecule has 0 spiro atoms. The van der Waals surface area contributed by atoms with Crippen molar-refractivity contribution in [3.05, 3.63) is 97.2 Å². The van der Waals surface area contributed by atoms with Gasteiger partial charge >= 0.3 is 0 Å². The predicted octanol–water partition coefficient (Wildman–Crippen LogP) is 4.45. The quantitative estimate of drug-likeness (QED) is 0.466. The standard InChI is InChI=1S/C24H19N5O2/c1-31-21-6-2-4-17(14-21)18-7-8-20-9-10-23(28(20)16-18)29-13-11-22(27-29)24(30)26-19-5-3-12-25-15-19/h2-16H,1H3,(H,26,30). The van der Waals surface area contributed by atoms with Gasteiger partial charge in [-0.2, -0.15) is 5.10 Å². The highest BCUT2D eigenvalue weighted by molar-refractivity contribution is 6.02. The van der Waals surface area contributed by atoms with Crippen LogP contribution in [0.1, 0.15) is 10.5 Å². The van der Waals surface area contributed by atoms with Gasteiger partial charge in [-0.05, 0) is 59.7 Å². The molecule has 0 aliphatic rings. The number of nitrogens with one attached hydrogen (secondary N) is 1. The van der Waals surface area contributed by atoms with Crippen LogP contribution < -0.4 is 10.1 Å². The van der Waals surface area contributed by atoms with E-state index in [0.29, 0.717) is 11.4 Å². The Balaban J connectivity index is 1.47. The molecule has 7 heteroatoms. The fraction of sp³-hybridized carbons (Fsp3) is 0.0417. The van der Waals surface area contributed by atoms with E-state index in [1.54, 1.807) is 48.6 Å². The number of carbonyl (C=O) groups excluding carboxylic acids is 1. The Hall–Kier alpha value is -4.39. The largest absolute Gasteiger partial charge is 0.497 e. The first-order chi connectivity index (χ1) is 15.2. The summed E-state index contributed by atoms with van der Waals surface area (Å²) in [6.07, 6.45) is 7.08. The lowest BCUT2D eigenvalue weighted by Crippen LogP contribution is -2.13. The zero-order valence-corrected chi connectivity index (χ0v) is 16.8. The molecule has 1 aromatic carbocycles. The van der Waals surface area contributed by atoms with Gasteiger partial charge in [0.05, 0.1) is 19.0 Å². The number of fused-ring (bicyclic) bond motifs is 1. The molecule has 4 aromatic heterocycles. The van der Waals surface area contributed by atoms with Crippen LogP contribution in [-0.4, -0.2) is 32.2 Å². The average Bonchev–Trinajstić information content (AvgIpc) is 3.46. The van der Waals surface area contributed by atoms with E-state index in [4.69, 9.17) is 4.74 Å². The lowest BCUT2D eigenvalue weighted by atomic mass is 10.1. The van der Waals surface area contributed by atoms with E-state index < -0.39 is 0 Å². The average molecular weight is 409 g/mol. The van der Waals surface area contributed by atoms with Gasteiger partial charge in [0.25, 0.3) is 5.91 Å².